The lowest BCUT2D eigenvalue weighted by Crippen LogP contribution is -2.50. The van der Waals surface area contributed by atoms with Crippen molar-refractivity contribution in [1.29, 1.82) is 0 Å². The molecular weight excluding hydrogens is 216 g/mol. The molecule has 1 aliphatic heterocycles. The molecule has 3 rings (SSSR count). The Morgan fingerprint density at radius 3 is 2.53 bits per heavy atom. The summed E-state index contributed by atoms with van der Waals surface area (Å²) in [7, 11) is 0. The van der Waals surface area contributed by atoms with Crippen LogP contribution in [0.1, 0.15) is 51.4 Å². The van der Waals surface area contributed by atoms with E-state index in [0.717, 1.165) is 12.8 Å². The van der Waals surface area contributed by atoms with Gasteiger partial charge in [0.2, 0.25) is 0 Å². The van der Waals surface area contributed by atoms with Gasteiger partial charge >= 0.3 is 0 Å². The Morgan fingerprint density at radius 2 is 1.65 bits per heavy atom. The van der Waals surface area contributed by atoms with Crippen LogP contribution in [-0.2, 0) is 4.74 Å². The summed E-state index contributed by atoms with van der Waals surface area (Å²) in [6, 6.07) is 0. The van der Waals surface area contributed by atoms with Gasteiger partial charge in [-0.05, 0) is 38.0 Å². The molecule has 98 valence electrons. The molecule has 0 bridgehead atoms. The van der Waals surface area contributed by atoms with E-state index in [4.69, 9.17) is 4.74 Å². The Hall–Kier alpha value is -0.120. The first-order valence-electron chi connectivity index (χ1n) is 7.25. The van der Waals surface area contributed by atoms with Crippen molar-refractivity contribution in [1.82, 2.24) is 0 Å². The molecule has 2 aliphatic carbocycles. The normalized spacial score (nSPS) is 51.2. The maximum absolute atomic E-state index is 10.1. The molecule has 3 heteroatoms. The van der Waals surface area contributed by atoms with Crippen molar-refractivity contribution in [3.05, 3.63) is 0 Å². The molecule has 3 aliphatic rings. The lowest BCUT2D eigenvalue weighted by atomic mass is 9.73. The summed E-state index contributed by atoms with van der Waals surface area (Å²) in [6.07, 6.45) is 8.55. The van der Waals surface area contributed by atoms with Gasteiger partial charge in [0.1, 0.15) is 0 Å². The van der Waals surface area contributed by atoms with Crippen LogP contribution in [0.5, 0.6) is 0 Å². The second-order valence-electron chi connectivity index (χ2n) is 6.20. The summed E-state index contributed by atoms with van der Waals surface area (Å²) in [5, 5.41) is 19.8. The van der Waals surface area contributed by atoms with Crippen molar-refractivity contribution >= 4 is 0 Å². The molecule has 1 saturated heterocycles. The SMILES string of the molecule is OC1CC(O)C2CC3CCCCCC3OC2C1. The fourth-order valence-corrected chi connectivity index (χ4v) is 4.08. The van der Waals surface area contributed by atoms with Crippen LogP contribution in [0.4, 0.5) is 0 Å². The number of ether oxygens (including phenoxy) is 1. The molecule has 1 heterocycles. The number of aliphatic hydroxyl groups is 2. The smallest absolute Gasteiger partial charge is 0.0656 e. The molecule has 6 unspecified atom stereocenters. The molecule has 2 saturated carbocycles. The number of fused-ring (bicyclic) bond motifs is 2. The van der Waals surface area contributed by atoms with E-state index in [0.29, 0.717) is 18.4 Å². The highest BCUT2D eigenvalue weighted by Crippen LogP contribution is 2.43. The maximum atomic E-state index is 10.1. The van der Waals surface area contributed by atoms with Crippen LogP contribution in [-0.4, -0.2) is 34.6 Å². The molecule has 0 aromatic heterocycles. The van der Waals surface area contributed by atoms with Gasteiger partial charge in [0.25, 0.3) is 0 Å². The van der Waals surface area contributed by atoms with Crippen LogP contribution in [0.3, 0.4) is 0 Å². The first-order valence-corrected chi connectivity index (χ1v) is 7.25. The van der Waals surface area contributed by atoms with E-state index in [-0.39, 0.29) is 24.2 Å². The van der Waals surface area contributed by atoms with E-state index in [9.17, 15) is 10.2 Å². The summed E-state index contributed by atoms with van der Waals surface area (Å²) in [5.74, 6) is 0.932. The highest BCUT2D eigenvalue weighted by molar-refractivity contribution is 4.94. The summed E-state index contributed by atoms with van der Waals surface area (Å²) in [5.41, 5.74) is 0. The van der Waals surface area contributed by atoms with Crippen molar-refractivity contribution in [2.24, 2.45) is 11.8 Å². The monoisotopic (exact) mass is 240 g/mol. The molecule has 0 amide bonds. The van der Waals surface area contributed by atoms with Gasteiger partial charge in [-0.25, -0.2) is 0 Å². The van der Waals surface area contributed by atoms with E-state index in [1.807, 2.05) is 0 Å². The molecule has 6 atom stereocenters. The molecule has 0 spiro atoms. The minimum atomic E-state index is -0.367. The molecule has 0 aromatic rings. The van der Waals surface area contributed by atoms with Crippen LogP contribution in [0.2, 0.25) is 0 Å². The van der Waals surface area contributed by atoms with Gasteiger partial charge < -0.3 is 14.9 Å². The summed E-state index contributed by atoms with van der Waals surface area (Å²) < 4.78 is 6.20. The number of rotatable bonds is 0. The van der Waals surface area contributed by atoms with Crippen LogP contribution >= 0.6 is 0 Å². The maximum Gasteiger partial charge on any atom is 0.0656 e. The number of aliphatic hydroxyl groups excluding tert-OH is 2. The predicted molar refractivity (Wildman–Crippen MR) is 64.6 cm³/mol. The molecule has 3 fully saturated rings. The zero-order valence-corrected chi connectivity index (χ0v) is 10.4. The molecule has 0 radical (unpaired) electrons. The van der Waals surface area contributed by atoms with Gasteiger partial charge in [-0.3, -0.25) is 0 Å². The fraction of sp³-hybridized carbons (Fsp3) is 1.00. The third-order valence-corrected chi connectivity index (χ3v) is 5.00. The third-order valence-electron chi connectivity index (χ3n) is 5.00. The van der Waals surface area contributed by atoms with Crippen LogP contribution in [0, 0.1) is 11.8 Å². The van der Waals surface area contributed by atoms with Crippen molar-refractivity contribution in [3.63, 3.8) is 0 Å². The average molecular weight is 240 g/mol. The highest BCUT2D eigenvalue weighted by Gasteiger charge is 2.44. The second kappa shape index (κ2) is 4.87. The summed E-state index contributed by atoms with van der Waals surface area (Å²) >= 11 is 0. The van der Waals surface area contributed by atoms with E-state index in [1.165, 1.54) is 32.1 Å². The number of hydrogen-bond acceptors (Lipinski definition) is 3. The van der Waals surface area contributed by atoms with Gasteiger partial charge in [0.15, 0.2) is 0 Å². The standard InChI is InChI=1S/C14H24O3/c15-10-7-12(16)11-6-9-4-2-1-3-5-13(9)17-14(11)8-10/h9-16H,1-8H2. The lowest BCUT2D eigenvalue weighted by Gasteiger charge is -2.46. The Bertz CT molecular complexity index is 268. The quantitative estimate of drug-likeness (QED) is 0.679. The minimum Gasteiger partial charge on any atom is -0.393 e. The van der Waals surface area contributed by atoms with E-state index < -0.39 is 0 Å². The molecule has 17 heavy (non-hydrogen) atoms. The van der Waals surface area contributed by atoms with Crippen molar-refractivity contribution < 1.29 is 14.9 Å². The van der Waals surface area contributed by atoms with Crippen LogP contribution < -0.4 is 0 Å². The largest absolute Gasteiger partial charge is 0.393 e. The van der Waals surface area contributed by atoms with Crippen molar-refractivity contribution in [3.8, 4) is 0 Å². The molecule has 0 aromatic carbocycles. The van der Waals surface area contributed by atoms with E-state index in [1.54, 1.807) is 0 Å². The van der Waals surface area contributed by atoms with E-state index >= 15 is 0 Å². The Labute approximate surface area is 103 Å². The number of hydrogen-bond donors (Lipinski definition) is 2. The predicted octanol–water partition coefficient (Wildman–Crippen LogP) is 1.86. The minimum absolute atomic E-state index is 0.105. The first-order chi connectivity index (χ1) is 8.24. The van der Waals surface area contributed by atoms with E-state index in [2.05, 4.69) is 0 Å². The van der Waals surface area contributed by atoms with Crippen LogP contribution in [0.15, 0.2) is 0 Å². The molecule has 2 N–H and O–H groups in total. The molecular formula is C14H24O3. The highest BCUT2D eigenvalue weighted by atomic mass is 16.5. The zero-order chi connectivity index (χ0) is 11.8. The van der Waals surface area contributed by atoms with Gasteiger partial charge in [-0.1, -0.05) is 19.3 Å². The lowest BCUT2D eigenvalue weighted by molar-refractivity contribution is -0.177. The van der Waals surface area contributed by atoms with Gasteiger partial charge in [-0.2, -0.15) is 0 Å². The summed E-state index contributed by atoms with van der Waals surface area (Å²) in [6.45, 7) is 0. The van der Waals surface area contributed by atoms with Gasteiger partial charge in [-0.15, -0.1) is 0 Å². The Kier molecular flexibility index (Phi) is 3.42. The fourth-order valence-electron chi connectivity index (χ4n) is 4.08. The molecule has 3 nitrogen and oxygen atoms in total. The van der Waals surface area contributed by atoms with Gasteiger partial charge in [0, 0.05) is 5.92 Å². The van der Waals surface area contributed by atoms with Gasteiger partial charge in [0.05, 0.1) is 24.4 Å². The summed E-state index contributed by atoms with van der Waals surface area (Å²) in [4.78, 5) is 0. The third kappa shape index (κ3) is 2.38. The average Bonchev–Trinajstić information content (AvgIpc) is 2.51. The van der Waals surface area contributed by atoms with Crippen molar-refractivity contribution in [2.75, 3.05) is 0 Å². The topological polar surface area (TPSA) is 49.7 Å². The second-order valence-corrected chi connectivity index (χ2v) is 6.20. The van der Waals surface area contributed by atoms with Crippen LogP contribution in [0.25, 0.3) is 0 Å². The zero-order valence-electron chi connectivity index (χ0n) is 10.4. The Balaban J connectivity index is 1.72. The van der Waals surface area contributed by atoms with Crippen molar-refractivity contribution in [2.45, 2.75) is 75.8 Å². The first kappa shape index (κ1) is 11.9. The Morgan fingerprint density at radius 1 is 0.824 bits per heavy atom.